The molecule has 6 heteroatoms. The first-order chi connectivity index (χ1) is 11.7. The van der Waals surface area contributed by atoms with Gasteiger partial charge in [-0.3, -0.25) is 4.98 Å². The number of anilines is 2. The third-order valence-corrected chi connectivity index (χ3v) is 4.32. The lowest BCUT2D eigenvalue weighted by molar-refractivity contribution is 0.324. The number of nitrogens with zero attached hydrogens (tertiary/aromatic N) is 1. The predicted octanol–water partition coefficient (Wildman–Crippen LogP) is 4.61. The lowest BCUT2D eigenvalue weighted by atomic mass is 10.1. The number of ether oxygens (including phenoxy) is 3. The van der Waals surface area contributed by atoms with Gasteiger partial charge in [0, 0.05) is 38.7 Å². The molecular weight excluding hydrogens is 419 g/mol. The Bertz CT molecular complexity index is 858. The van der Waals surface area contributed by atoms with Gasteiger partial charge >= 0.3 is 0 Å². The second kappa shape index (κ2) is 7.12. The van der Waals surface area contributed by atoms with Crippen LogP contribution in [0.15, 0.2) is 42.6 Å². The van der Waals surface area contributed by atoms with Crippen molar-refractivity contribution in [1.29, 1.82) is 0 Å². The van der Waals surface area contributed by atoms with E-state index >= 15 is 0 Å². The van der Waals surface area contributed by atoms with Gasteiger partial charge in [-0.2, -0.15) is 0 Å². The Kier molecular flexibility index (Phi) is 4.94. The fraction of sp³-hybridized carbons (Fsp3) is 0.167. The molecule has 3 rings (SSSR count). The van der Waals surface area contributed by atoms with E-state index in [9.17, 15) is 0 Å². The number of hydrogen-bond donors (Lipinski definition) is 1. The summed E-state index contributed by atoms with van der Waals surface area (Å²) in [4.78, 5) is 4.42. The van der Waals surface area contributed by atoms with Crippen molar-refractivity contribution in [2.24, 2.45) is 0 Å². The summed E-state index contributed by atoms with van der Waals surface area (Å²) >= 11 is 2.28. The van der Waals surface area contributed by atoms with Crippen molar-refractivity contribution in [3.8, 4) is 17.2 Å². The van der Waals surface area contributed by atoms with Crippen molar-refractivity contribution in [1.82, 2.24) is 4.98 Å². The first-order valence-electron chi connectivity index (χ1n) is 7.27. The number of rotatable bonds is 5. The van der Waals surface area contributed by atoms with Gasteiger partial charge in [0.2, 0.25) is 5.75 Å². The SMILES string of the molecule is COc1cc(Nc2ccnc3cc(I)ccc23)cc(OC)c1OC. The minimum absolute atomic E-state index is 0.569. The maximum atomic E-state index is 5.40. The van der Waals surface area contributed by atoms with Crippen LogP contribution >= 0.6 is 22.6 Å². The Labute approximate surface area is 154 Å². The number of methoxy groups -OCH3 is 3. The topological polar surface area (TPSA) is 52.6 Å². The highest BCUT2D eigenvalue weighted by Gasteiger charge is 2.14. The summed E-state index contributed by atoms with van der Waals surface area (Å²) in [7, 11) is 4.79. The van der Waals surface area contributed by atoms with Crippen molar-refractivity contribution >= 4 is 44.9 Å². The molecule has 0 radical (unpaired) electrons. The molecule has 24 heavy (non-hydrogen) atoms. The van der Waals surface area contributed by atoms with E-state index < -0.39 is 0 Å². The van der Waals surface area contributed by atoms with E-state index in [2.05, 4.69) is 51.1 Å². The molecule has 0 aliphatic carbocycles. The Morgan fingerprint density at radius 3 is 2.25 bits per heavy atom. The van der Waals surface area contributed by atoms with Gasteiger partial charge in [0.1, 0.15) is 0 Å². The second-order valence-corrected chi connectivity index (χ2v) is 6.30. The molecule has 0 amide bonds. The zero-order chi connectivity index (χ0) is 17.1. The summed E-state index contributed by atoms with van der Waals surface area (Å²) < 4.78 is 17.3. The molecule has 5 nitrogen and oxygen atoms in total. The third-order valence-electron chi connectivity index (χ3n) is 3.65. The molecule has 2 aromatic carbocycles. The zero-order valence-corrected chi connectivity index (χ0v) is 15.7. The molecule has 0 fully saturated rings. The smallest absolute Gasteiger partial charge is 0.203 e. The standard InChI is InChI=1S/C18H17IN2O3/c1-22-16-9-12(10-17(23-2)18(16)24-3)21-14-6-7-20-15-8-11(19)4-5-13(14)15/h4-10H,1-3H3,(H,20,21). The molecular formula is C18H17IN2O3. The highest BCUT2D eigenvalue weighted by molar-refractivity contribution is 14.1. The first kappa shape index (κ1) is 16.6. The molecule has 0 bridgehead atoms. The van der Waals surface area contributed by atoms with E-state index in [4.69, 9.17) is 14.2 Å². The van der Waals surface area contributed by atoms with Crippen molar-refractivity contribution in [3.05, 3.63) is 46.2 Å². The maximum Gasteiger partial charge on any atom is 0.203 e. The lowest BCUT2D eigenvalue weighted by Gasteiger charge is -2.16. The number of pyridine rings is 1. The number of hydrogen-bond acceptors (Lipinski definition) is 5. The van der Waals surface area contributed by atoms with E-state index in [1.54, 1.807) is 27.5 Å². The molecule has 0 aliphatic rings. The highest BCUT2D eigenvalue weighted by Crippen LogP contribution is 2.41. The summed E-state index contributed by atoms with van der Waals surface area (Å²) in [5.41, 5.74) is 2.75. The van der Waals surface area contributed by atoms with Gasteiger partial charge < -0.3 is 19.5 Å². The molecule has 0 atom stereocenters. The number of benzene rings is 2. The minimum atomic E-state index is 0.569. The van der Waals surface area contributed by atoms with Crippen LogP contribution in [0.2, 0.25) is 0 Å². The molecule has 0 saturated heterocycles. The van der Waals surface area contributed by atoms with Crippen molar-refractivity contribution in [2.45, 2.75) is 0 Å². The Morgan fingerprint density at radius 1 is 0.917 bits per heavy atom. The van der Waals surface area contributed by atoms with Crippen molar-refractivity contribution in [2.75, 3.05) is 26.6 Å². The average molecular weight is 436 g/mol. The second-order valence-electron chi connectivity index (χ2n) is 5.06. The van der Waals surface area contributed by atoms with Crippen molar-refractivity contribution < 1.29 is 14.2 Å². The van der Waals surface area contributed by atoms with Gasteiger partial charge in [0.25, 0.3) is 0 Å². The zero-order valence-electron chi connectivity index (χ0n) is 13.6. The van der Waals surface area contributed by atoms with Crippen molar-refractivity contribution in [3.63, 3.8) is 0 Å². The quantitative estimate of drug-likeness (QED) is 0.593. The fourth-order valence-electron chi connectivity index (χ4n) is 2.54. The average Bonchev–Trinajstić information content (AvgIpc) is 2.60. The van der Waals surface area contributed by atoms with Crippen LogP contribution in [0.3, 0.4) is 0 Å². The van der Waals surface area contributed by atoms with Crippen LogP contribution in [0.4, 0.5) is 11.4 Å². The van der Waals surface area contributed by atoms with Gasteiger partial charge in [0.05, 0.1) is 26.8 Å². The Balaban J connectivity index is 2.05. The molecule has 1 N–H and O–H groups in total. The Morgan fingerprint density at radius 2 is 1.62 bits per heavy atom. The molecule has 0 saturated carbocycles. The molecule has 0 aliphatic heterocycles. The van der Waals surface area contributed by atoms with Crippen LogP contribution in [0.1, 0.15) is 0 Å². The fourth-order valence-corrected chi connectivity index (χ4v) is 3.01. The van der Waals surface area contributed by atoms with E-state index in [1.807, 2.05) is 18.2 Å². The van der Waals surface area contributed by atoms with Gasteiger partial charge in [-0.05, 0) is 46.9 Å². The number of fused-ring (bicyclic) bond motifs is 1. The summed E-state index contributed by atoms with van der Waals surface area (Å²) in [6.07, 6.45) is 1.79. The van der Waals surface area contributed by atoms with Crippen LogP contribution in [0, 0.1) is 3.57 Å². The minimum Gasteiger partial charge on any atom is -0.493 e. The van der Waals surface area contributed by atoms with E-state index in [1.165, 1.54) is 0 Å². The number of aromatic nitrogens is 1. The number of nitrogens with one attached hydrogen (secondary N) is 1. The summed E-state index contributed by atoms with van der Waals surface area (Å²) in [6.45, 7) is 0. The molecule has 0 spiro atoms. The highest BCUT2D eigenvalue weighted by atomic mass is 127. The molecule has 124 valence electrons. The monoisotopic (exact) mass is 436 g/mol. The Hall–Kier alpha value is -2.22. The van der Waals surface area contributed by atoms with Gasteiger partial charge in [-0.15, -0.1) is 0 Å². The summed E-state index contributed by atoms with van der Waals surface area (Å²) in [5.74, 6) is 1.78. The molecule has 1 aromatic heterocycles. The lowest BCUT2D eigenvalue weighted by Crippen LogP contribution is -1.98. The van der Waals surface area contributed by atoms with E-state index in [0.29, 0.717) is 17.2 Å². The third kappa shape index (κ3) is 3.19. The number of halogens is 1. The van der Waals surface area contributed by atoms with Crippen LogP contribution in [-0.2, 0) is 0 Å². The van der Waals surface area contributed by atoms with Gasteiger partial charge in [0.15, 0.2) is 11.5 Å². The predicted molar refractivity (Wildman–Crippen MR) is 104 cm³/mol. The maximum absolute atomic E-state index is 5.40. The normalized spacial score (nSPS) is 10.5. The van der Waals surface area contributed by atoms with Crippen LogP contribution < -0.4 is 19.5 Å². The van der Waals surface area contributed by atoms with E-state index in [-0.39, 0.29) is 0 Å². The van der Waals surface area contributed by atoms with Gasteiger partial charge in [-0.25, -0.2) is 0 Å². The molecule has 1 heterocycles. The first-order valence-corrected chi connectivity index (χ1v) is 8.35. The summed E-state index contributed by atoms with van der Waals surface area (Å²) in [5, 5.41) is 4.46. The largest absolute Gasteiger partial charge is 0.493 e. The summed E-state index contributed by atoms with van der Waals surface area (Å²) in [6, 6.07) is 11.9. The van der Waals surface area contributed by atoms with Gasteiger partial charge in [-0.1, -0.05) is 0 Å². The van der Waals surface area contributed by atoms with Crippen LogP contribution in [0.5, 0.6) is 17.2 Å². The molecule has 0 unspecified atom stereocenters. The van der Waals surface area contributed by atoms with Crippen LogP contribution in [-0.4, -0.2) is 26.3 Å². The van der Waals surface area contributed by atoms with Crippen LogP contribution in [0.25, 0.3) is 10.9 Å². The van der Waals surface area contributed by atoms with E-state index in [0.717, 1.165) is 25.8 Å². The molecule has 3 aromatic rings.